The number of hydrogen-bond donors (Lipinski definition) is 0. The van der Waals surface area contributed by atoms with E-state index in [0.717, 1.165) is 5.56 Å². The van der Waals surface area contributed by atoms with E-state index in [1.54, 1.807) is 13.0 Å². The predicted octanol–water partition coefficient (Wildman–Crippen LogP) is 2.52. The van der Waals surface area contributed by atoms with Gasteiger partial charge in [-0.1, -0.05) is 11.6 Å². The topological polar surface area (TPSA) is 43.1 Å². The van der Waals surface area contributed by atoms with Gasteiger partial charge in [0.2, 0.25) is 0 Å². The lowest BCUT2D eigenvalue weighted by Gasteiger charge is -2.04. The molecule has 2 aromatic rings. The molecule has 0 unspecified atom stereocenters. The lowest BCUT2D eigenvalue weighted by atomic mass is 10.2. The number of fused-ring (bicyclic) bond motifs is 1. The molecular formula is C10H6F3NO2. The van der Waals surface area contributed by atoms with Crippen molar-refractivity contribution >= 4 is 10.9 Å². The fraction of sp³-hybridized carbons (Fsp3) is 0.200. The molecule has 3 nitrogen and oxygen atoms in total. The van der Waals surface area contributed by atoms with Gasteiger partial charge in [-0.25, -0.2) is 9.78 Å². The monoisotopic (exact) mass is 229 g/mol. The Balaban J connectivity index is 2.79. The maximum absolute atomic E-state index is 12.3. The first kappa shape index (κ1) is 10.7. The highest BCUT2D eigenvalue weighted by atomic mass is 19.4. The minimum atomic E-state index is -4.75. The first-order valence-corrected chi connectivity index (χ1v) is 4.36. The summed E-state index contributed by atoms with van der Waals surface area (Å²) in [5.41, 5.74) is -0.295. The standard InChI is InChI=1S/C10H6F3NO2/c1-5-2-3-7-6(4-5)8(15)16-9(14-7)10(11,12)13/h2-4H,1H3. The zero-order valence-corrected chi connectivity index (χ0v) is 8.13. The molecule has 0 aliphatic heterocycles. The molecule has 0 N–H and O–H groups in total. The molecule has 1 aromatic carbocycles. The third-order valence-electron chi connectivity index (χ3n) is 2.03. The van der Waals surface area contributed by atoms with Crippen molar-refractivity contribution in [1.82, 2.24) is 4.98 Å². The normalized spacial score (nSPS) is 12.0. The third kappa shape index (κ3) is 1.78. The highest BCUT2D eigenvalue weighted by Gasteiger charge is 2.37. The largest absolute Gasteiger partial charge is 0.469 e. The van der Waals surface area contributed by atoms with E-state index in [2.05, 4.69) is 9.40 Å². The van der Waals surface area contributed by atoms with Crippen LogP contribution in [0.2, 0.25) is 0 Å². The average molecular weight is 229 g/mol. The van der Waals surface area contributed by atoms with Gasteiger partial charge in [0.25, 0.3) is 0 Å². The molecular weight excluding hydrogens is 223 g/mol. The summed E-state index contributed by atoms with van der Waals surface area (Å²) in [5.74, 6) is -1.52. The molecule has 0 amide bonds. The zero-order valence-electron chi connectivity index (χ0n) is 8.13. The number of halogens is 3. The molecule has 0 saturated carbocycles. The van der Waals surface area contributed by atoms with E-state index in [1.807, 2.05) is 0 Å². The molecule has 0 aliphatic carbocycles. The lowest BCUT2D eigenvalue weighted by molar-refractivity contribution is -0.158. The molecule has 1 heterocycles. The van der Waals surface area contributed by atoms with Crippen molar-refractivity contribution < 1.29 is 17.6 Å². The number of aromatic nitrogens is 1. The van der Waals surface area contributed by atoms with Crippen LogP contribution in [0.4, 0.5) is 13.2 Å². The van der Waals surface area contributed by atoms with Crippen LogP contribution in [0.25, 0.3) is 10.9 Å². The molecule has 16 heavy (non-hydrogen) atoms. The van der Waals surface area contributed by atoms with Gasteiger partial charge in [-0.3, -0.25) is 0 Å². The summed E-state index contributed by atoms with van der Waals surface area (Å²) < 4.78 is 41.0. The Kier molecular flexibility index (Phi) is 2.22. The van der Waals surface area contributed by atoms with Crippen molar-refractivity contribution in [3.05, 3.63) is 40.1 Å². The third-order valence-corrected chi connectivity index (χ3v) is 2.03. The Hall–Kier alpha value is -1.85. The second-order valence-electron chi connectivity index (χ2n) is 3.32. The van der Waals surface area contributed by atoms with Gasteiger partial charge < -0.3 is 4.42 Å². The van der Waals surface area contributed by atoms with Gasteiger partial charge in [0, 0.05) is 0 Å². The van der Waals surface area contributed by atoms with E-state index < -0.39 is 17.7 Å². The number of rotatable bonds is 0. The number of aryl methyl sites for hydroxylation is 1. The van der Waals surface area contributed by atoms with Gasteiger partial charge in [-0.2, -0.15) is 13.2 Å². The number of hydrogen-bond acceptors (Lipinski definition) is 3. The average Bonchev–Trinajstić information content (AvgIpc) is 2.17. The molecule has 1 aromatic heterocycles. The van der Waals surface area contributed by atoms with Gasteiger partial charge in [-0.15, -0.1) is 0 Å². The van der Waals surface area contributed by atoms with E-state index in [0.29, 0.717) is 0 Å². The van der Waals surface area contributed by atoms with Gasteiger partial charge in [-0.05, 0) is 19.1 Å². The fourth-order valence-electron chi connectivity index (χ4n) is 1.31. The van der Waals surface area contributed by atoms with Crippen molar-refractivity contribution in [3.8, 4) is 0 Å². The van der Waals surface area contributed by atoms with E-state index in [9.17, 15) is 18.0 Å². The van der Waals surface area contributed by atoms with Gasteiger partial charge in [0.15, 0.2) is 0 Å². The molecule has 0 fully saturated rings. The first-order valence-electron chi connectivity index (χ1n) is 4.36. The minimum Gasteiger partial charge on any atom is -0.398 e. The second kappa shape index (κ2) is 3.33. The Bertz CT molecular complexity index is 601. The van der Waals surface area contributed by atoms with Crippen molar-refractivity contribution in [2.24, 2.45) is 0 Å². The zero-order chi connectivity index (χ0) is 11.9. The molecule has 0 bridgehead atoms. The summed E-state index contributed by atoms with van der Waals surface area (Å²) in [4.78, 5) is 14.5. The van der Waals surface area contributed by atoms with Gasteiger partial charge in [0.1, 0.15) is 0 Å². The van der Waals surface area contributed by atoms with Crippen LogP contribution in [0.15, 0.2) is 27.4 Å². The van der Waals surface area contributed by atoms with Crippen molar-refractivity contribution in [2.45, 2.75) is 13.1 Å². The SMILES string of the molecule is Cc1ccc2nc(C(F)(F)F)oc(=O)c2c1. The van der Waals surface area contributed by atoms with E-state index in [1.165, 1.54) is 12.1 Å². The van der Waals surface area contributed by atoms with Crippen LogP contribution in [0, 0.1) is 6.92 Å². The van der Waals surface area contributed by atoms with Gasteiger partial charge >= 0.3 is 17.7 Å². The number of benzene rings is 1. The molecule has 0 saturated heterocycles. The van der Waals surface area contributed by atoms with Crippen LogP contribution < -0.4 is 5.63 Å². The molecule has 0 aliphatic rings. The first-order chi connectivity index (χ1) is 7.38. The van der Waals surface area contributed by atoms with E-state index >= 15 is 0 Å². The predicted molar refractivity (Wildman–Crippen MR) is 50.0 cm³/mol. The van der Waals surface area contributed by atoms with E-state index in [-0.39, 0.29) is 10.9 Å². The molecule has 0 radical (unpaired) electrons. The van der Waals surface area contributed by atoms with Gasteiger partial charge in [0.05, 0.1) is 10.9 Å². The number of nitrogens with zero attached hydrogens (tertiary/aromatic N) is 1. The molecule has 0 atom stereocenters. The number of alkyl halides is 3. The molecule has 0 spiro atoms. The molecule has 84 valence electrons. The maximum atomic E-state index is 12.3. The minimum absolute atomic E-state index is 0.0193. The summed E-state index contributed by atoms with van der Waals surface area (Å²) in [6, 6.07) is 4.38. The van der Waals surface area contributed by atoms with Crippen LogP contribution in [0.3, 0.4) is 0 Å². The van der Waals surface area contributed by atoms with E-state index in [4.69, 9.17) is 0 Å². The Morgan fingerprint density at radius 1 is 1.31 bits per heavy atom. The van der Waals surface area contributed by atoms with Crippen LogP contribution in [-0.2, 0) is 6.18 Å². The summed E-state index contributed by atoms with van der Waals surface area (Å²) >= 11 is 0. The Morgan fingerprint density at radius 3 is 2.62 bits per heavy atom. The Morgan fingerprint density at radius 2 is 2.00 bits per heavy atom. The highest BCUT2D eigenvalue weighted by molar-refractivity contribution is 5.77. The van der Waals surface area contributed by atoms with Crippen molar-refractivity contribution in [3.63, 3.8) is 0 Å². The Labute approximate surface area is 87.5 Å². The quantitative estimate of drug-likeness (QED) is 0.697. The van der Waals surface area contributed by atoms with Crippen LogP contribution in [0.1, 0.15) is 11.5 Å². The van der Waals surface area contributed by atoms with Crippen molar-refractivity contribution in [2.75, 3.05) is 0 Å². The summed E-state index contributed by atoms with van der Waals surface area (Å²) in [6.45, 7) is 1.72. The smallest absolute Gasteiger partial charge is 0.398 e. The summed E-state index contributed by atoms with van der Waals surface area (Å²) in [5, 5.41) is 0.0491. The maximum Gasteiger partial charge on any atom is 0.469 e. The highest BCUT2D eigenvalue weighted by Crippen LogP contribution is 2.27. The summed E-state index contributed by atoms with van der Waals surface area (Å²) in [6.07, 6.45) is -4.75. The lowest BCUT2D eigenvalue weighted by Crippen LogP contribution is -2.13. The second-order valence-corrected chi connectivity index (χ2v) is 3.32. The molecule has 2 rings (SSSR count). The van der Waals surface area contributed by atoms with Crippen LogP contribution in [0.5, 0.6) is 0 Å². The van der Waals surface area contributed by atoms with Crippen molar-refractivity contribution in [1.29, 1.82) is 0 Å². The fourth-order valence-corrected chi connectivity index (χ4v) is 1.31. The summed E-state index contributed by atoms with van der Waals surface area (Å²) in [7, 11) is 0. The van der Waals surface area contributed by atoms with Crippen LogP contribution in [-0.4, -0.2) is 4.98 Å². The van der Waals surface area contributed by atoms with Crippen LogP contribution >= 0.6 is 0 Å². The molecule has 6 heteroatoms.